The van der Waals surface area contributed by atoms with E-state index in [-0.39, 0.29) is 0 Å². The molecule has 17 heavy (non-hydrogen) atoms. The van der Waals surface area contributed by atoms with Crippen molar-refractivity contribution in [3.05, 3.63) is 23.8 Å². The predicted molar refractivity (Wildman–Crippen MR) is 63.7 cm³/mol. The number of hydrogen-bond acceptors (Lipinski definition) is 5. The molecule has 0 saturated heterocycles. The Labute approximate surface area is 101 Å². The molecule has 0 aliphatic carbocycles. The van der Waals surface area contributed by atoms with E-state index < -0.39 is 21.4 Å². The average molecular weight is 259 g/mol. The predicted octanol–water partition coefficient (Wildman–Crippen LogP) is 0.540. The van der Waals surface area contributed by atoms with Gasteiger partial charge in [0.15, 0.2) is 0 Å². The van der Waals surface area contributed by atoms with Crippen molar-refractivity contribution in [3.63, 3.8) is 0 Å². The number of rotatable bonds is 5. The highest BCUT2D eigenvalue weighted by atomic mass is 32.2. The average Bonchev–Trinajstić information content (AvgIpc) is 2.25. The Balaban J connectivity index is 3.05. The number of nitrogens with zero attached hydrogens (tertiary/aromatic N) is 2. The first kappa shape index (κ1) is 14.0. The third-order valence-corrected chi connectivity index (χ3v) is 3.67. The van der Waals surface area contributed by atoms with Crippen LogP contribution in [0.15, 0.2) is 12.4 Å². The van der Waals surface area contributed by atoms with Crippen molar-refractivity contribution in [1.82, 2.24) is 9.97 Å². The van der Waals surface area contributed by atoms with Gasteiger partial charge in [0.05, 0.1) is 17.6 Å². The van der Waals surface area contributed by atoms with Crippen LogP contribution in [0.1, 0.15) is 31.3 Å². The van der Waals surface area contributed by atoms with Crippen LogP contribution in [-0.2, 0) is 14.8 Å². The molecule has 0 amide bonds. The van der Waals surface area contributed by atoms with Crippen LogP contribution in [0.4, 0.5) is 0 Å². The fraction of sp³-hybridized carbons (Fsp3) is 0.600. The lowest BCUT2D eigenvalue weighted by Gasteiger charge is -2.21. The Morgan fingerprint density at radius 3 is 2.47 bits per heavy atom. The van der Waals surface area contributed by atoms with Gasteiger partial charge in [-0.05, 0) is 20.8 Å². The van der Waals surface area contributed by atoms with Crippen molar-refractivity contribution < 1.29 is 13.2 Å². The zero-order chi connectivity index (χ0) is 13.1. The molecule has 0 bridgehead atoms. The zero-order valence-corrected chi connectivity index (χ0v) is 10.9. The molecule has 0 unspecified atom stereocenters. The second-order valence-corrected chi connectivity index (χ2v) is 5.67. The van der Waals surface area contributed by atoms with E-state index in [0.29, 0.717) is 12.3 Å². The summed E-state index contributed by atoms with van der Waals surface area (Å²) in [4.78, 5) is 8.19. The van der Waals surface area contributed by atoms with Crippen molar-refractivity contribution in [2.24, 2.45) is 5.14 Å². The van der Waals surface area contributed by atoms with Crippen LogP contribution < -0.4 is 5.14 Å². The highest BCUT2D eigenvalue weighted by Gasteiger charge is 2.29. The van der Waals surface area contributed by atoms with Crippen molar-refractivity contribution in [2.45, 2.75) is 32.1 Å². The Bertz CT molecular complexity index is 458. The second-order valence-electron chi connectivity index (χ2n) is 3.75. The molecule has 0 spiro atoms. The smallest absolute Gasteiger partial charge is 0.214 e. The lowest BCUT2D eigenvalue weighted by Crippen LogP contribution is -2.33. The molecule has 0 aliphatic heterocycles. The normalized spacial score (nSPS) is 15.5. The van der Waals surface area contributed by atoms with Gasteiger partial charge in [-0.2, -0.15) is 0 Å². The van der Waals surface area contributed by atoms with Gasteiger partial charge in [0.2, 0.25) is 10.0 Å². The molecule has 1 heterocycles. The fourth-order valence-corrected chi connectivity index (χ4v) is 1.93. The van der Waals surface area contributed by atoms with E-state index in [0.717, 1.165) is 5.69 Å². The molecule has 0 fully saturated rings. The van der Waals surface area contributed by atoms with E-state index in [1.54, 1.807) is 20.0 Å². The molecule has 2 atom stereocenters. The monoisotopic (exact) mass is 259 g/mol. The minimum atomic E-state index is -3.68. The highest BCUT2D eigenvalue weighted by molar-refractivity contribution is 7.89. The van der Waals surface area contributed by atoms with Crippen molar-refractivity contribution >= 4 is 10.0 Å². The second kappa shape index (κ2) is 5.52. The van der Waals surface area contributed by atoms with Gasteiger partial charge in [-0.3, -0.25) is 9.97 Å². The van der Waals surface area contributed by atoms with Crippen LogP contribution in [0.2, 0.25) is 0 Å². The molecule has 1 rings (SSSR count). The molecule has 0 radical (unpaired) electrons. The molecule has 1 aromatic rings. The van der Waals surface area contributed by atoms with E-state index in [2.05, 4.69) is 9.97 Å². The quantitative estimate of drug-likeness (QED) is 0.832. The van der Waals surface area contributed by atoms with E-state index in [1.807, 2.05) is 0 Å². The third kappa shape index (κ3) is 3.72. The first-order valence-corrected chi connectivity index (χ1v) is 6.89. The van der Waals surface area contributed by atoms with Gasteiger partial charge >= 0.3 is 0 Å². The van der Waals surface area contributed by atoms with Crippen LogP contribution in [-0.4, -0.2) is 30.2 Å². The third-order valence-electron chi connectivity index (χ3n) is 2.38. The summed E-state index contributed by atoms with van der Waals surface area (Å²) in [7, 11) is -3.68. The molecule has 0 aromatic carbocycles. The van der Waals surface area contributed by atoms with Crippen LogP contribution in [0.3, 0.4) is 0 Å². The Morgan fingerprint density at radius 1 is 1.41 bits per heavy atom. The maximum absolute atomic E-state index is 11.3. The summed E-state index contributed by atoms with van der Waals surface area (Å²) >= 11 is 0. The summed E-state index contributed by atoms with van der Waals surface area (Å²) in [6.07, 6.45) is 2.39. The molecule has 2 N–H and O–H groups in total. The molecular weight excluding hydrogens is 242 g/mol. The van der Waals surface area contributed by atoms with E-state index >= 15 is 0 Å². The van der Waals surface area contributed by atoms with Gasteiger partial charge in [0.25, 0.3) is 0 Å². The Morgan fingerprint density at radius 2 is 2.06 bits per heavy atom. The summed E-state index contributed by atoms with van der Waals surface area (Å²) in [6, 6.07) is 0. The van der Waals surface area contributed by atoms with E-state index in [4.69, 9.17) is 9.88 Å². The minimum Gasteiger partial charge on any atom is -0.371 e. The first-order valence-electron chi connectivity index (χ1n) is 5.28. The molecule has 0 saturated carbocycles. The Hall–Kier alpha value is -1.05. The van der Waals surface area contributed by atoms with Gasteiger partial charge in [-0.15, -0.1) is 0 Å². The summed E-state index contributed by atoms with van der Waals surface area (Å²) in [5, 5.41) is 4.26. The SMILES string of the molecule is CCO[C@H](c1cnc(C)cn1)[C@H](C)S(N)(=O)=O. The first-order chi connectivity index (χ1) is 7.86. The minimum absolute atomic E-state index is 0.375. The zero-order valence-electron chi connectivity index (χ0n) is 10.1. The maximum Gasteiger partial charge on any atom is 0.214 e. The van der Waals surface area contributed by atoms with Crippen molar-refractivity contribution in [2.75, 3.05) is 6.61 Å². The number of aromatic nitrogens is 2. The van der Waals surface area contributed by atoms with Gasteiger partial charge < -0.3 is 4.74 Å². The van der Waals surface area contributed by atoms with Gasteiger partial charge in [-0.1, -0.05) is 0 Å². The Kier molecular flexibility index (Phi) is 4.55. The lowest BCUT2D eigenvalue weighted by molar-refractivity contribution is 0.0587. The molecule has 96 valence electrons. The topological polar surface area (TPSA) is 95.2 Å². The molecule has 6 nitrogen and oxygen atoms in total. The standard InChI is InChI=1S/C10H17N3O3S/c1-4-16-10(8(3)17(11,14)15)9-6-12-7(2)5-13-9/h5-6,8,10H,4H2,1-3H3,(H2,11,14,15)/t8-,10-/m0/s1. The number of nitrogens with two attached hydrogens (primary N) is 1. The molecule has 0 aliphatic rings. The number of primary sulfonamides is 1. The number of hydrogen-bond donors (Lipinski definition) is 1. The summed E-state index contributed by atoms with van der Waals surface area (Å²) in [6.45, 7) is 5.46. The largest absolute Gasteiger partial charge is 0.371 e. The molecule has 7 heteroatoms. The highest BCUT2D eigenvalue weighted by Crippen LogP contribution is 2.22. The maximum atomic E-state index is 11.3. The summed E-state index contributed by atoms with van der Waals surface area (Å²) < 4.78 is 28.1. The fourth-order valence-electron chi connectivity index (χ4n) is 1.36. The van der Waals surface area contributed by atoms with Crippen LogP contribution in [0.5, 0.6) is 0 Å². The molecule has 1 aromatic heterocycles. The number of aryl methyl sites for hydroxylation is 1. The molecular formula is C10H17N3O3S. The van der Waals surface area contributed by atoms with Crippen molar-refractivity contribution in [3.8, 4) is 0 Å². The van der Waals surface area contributed by atoms with Crippen LogP contribution >= 0.6 is 0 Å². The number of sulfonamides is 1. The van der Waals surface area contributed by atoms with Crippen molar-refractivity contribution in [1.29, 1.82) is 0 Å². The lowest BCUT2D eigenvalue weighted by atomic mass is 10.2. The number of ether oxygens (including phenoxy) is 1. The van der Waals surface area contributed by atoms with E-state index in [9.17, 15) is 8.42 Å². The van der Waals surface area contributed by atoms with Crippen LogP contribution in [0.25, 0.3) is 0 Å². The van der Waals surface area contributed by atoms with E-state index in [1.165, 1.54) is 13.1 Å². The summed E-state index contributed by atoms with van der Waals surface area (Å²) in [5.41, 5.74) is 1.23. The summed E-state index contributed by atoms with van der Waals surface area (Å²) in [5.74, 6) is 0. The van der Waals surface area contributed by atoms with Crippen LogP contribution in [0, 0.1) is 6.92 Å². The van der Waals surface area contributed by atoms with Gasteiger partial charge in [0.1, 0.15) is 11.4 Å². The van der Waals surface area contributed by atoms with Gasteiger partial charge in [-0.25, -0.2) is 13.6 Å². The van der Waals surface area contributed by atoms with Gasteiger partial charge in [0, 0.05) is 12.8 Å².